The minimum Gasteiger partial charge on any atom is -0.377 e. The second-order valence-corrected chi connectivity index (χ2v) is 5.90. The zero-order valence-corrected chi connectivity index (χ0v) is 13.2. The Balaban J connectivity index is 2.02. The first-order chi connectivity index (χ1) is 9.87. The van der Waals surface area contributed by atoms with Gasteiger partial charge < -0.3 is 19.7 Å². The van der Waals surface area contributed by atoms with Crippen molar-refractivity contribution in [3.05, 3.63) is 29.8 Å². The number of benzene rings is 1. The van der Waals surface area contributed by atoms with Crippen molar-refractivity contribution in [3.63, 3.8) is 0 Å². The number of para-hydroxylation sites is 1. The molecule has 0 unspecified atom stereocenters. The number of rotatable bonds is 4. The van der Waals surface area contributed by atoms with E-state index in [1.165, 1.54) is 0 Å². The average molecular weight is 292 g/mol. The van der Waals surface area contributed by atoms with Crippen molar-refractivity contribution in [2.45, 2.75) is 39.1 Å². The third-order valence-electron chi connectivity index (χ3n) is 3.59. The monoisotopic (exact) mass is 292 g/mol. The largest absolute Gasteiger partial charge is 0.377 e. The molecule has 1 aliphatic rings. The molecule has 1 fully saturated rings. The van der Waals surface area contributed by atoms with E-state index < -0.39 is 5.79 Å². The summed E-state index contributed by atoms with van der Waals surface area (Å²) in [5.74, 6) is -0.456. The predicted molar refractivity (Wildman–Crippen MR) is 82.0 cm³/mol. The van der Waals surface area contributed by atoms with Gasteiger partial charge in [0.2, 0.25) is 5.91 Å². The maximum Gasteiger partial charge on any atom is 0.219 e. The lowest BCUT2D eigenvalue weighted by Crippen LogP contribution is -2.45. The summed E-state index contributed by atoms with van der Waals surface area (Å²) in [5, 5.41) is 3.44. The van der Waals surface area contributed by atoms with Gasteiger partial charge in [-0.1, -0.05) is 18.2 Å². The van der Waals surface area contributed by atoms with Crippen LogP contribution in [0, 0.1) is 0 Å². The van der Waals surface area contributed by atoms with Crippen LogP contribution in [0.2, 0.25) is 0 Å². The highest BCUT2D eigenvalue weighted by atomic mass is 16.7. The molecule has 1 aliphatic heterocycles. The van der Waals surface area contributed by atoms with E-state index in [1.807, 2.05) is 38.1 Å². The molecule has 1 heterocycles. The topological polar surface area (TPSA) is 50.8 Å². The molecule has 0 aromatic heterocycles. The van der Waals surface area contributed by atoms with Gasteiger partial charge in [-0.2, -0.15) is 0 Å². The Morgan fingerprint density at radius 2 is 1.95 bits per heavy atom. The molecule has 1 aromatic rings. The predicted octanol–water partition coefficient (Wildman–Crippen LogP) is 2.23. The molecule has 5 nitrogen and oxygen atoms in total. The Labute approximate surface area is 126 Å². The maximum absolute atomic E-state index is 11.4. The lowest BCUT2D eigenvalue weighted by Gasteiger charge is -2.36. The van der Waals surface area contributed by atoms with E-state index in [0.29, 0.717) is 19.8 Å². The minimum absolute atomic E-state index is 0.0517. The molecule has 21 heavy (non-hydrogen) atoms. The highest BCUT2D eigenvalue weighted by Gasteiger charge is 2.28. The van der Waals surface area contributed by atoms with Crippen LogP contribution in [0.3, 0.4) is 0 Å². The van der Waals surface area contributed by atoms with Crippen LogP contribution in [0.1, 0.15) is 26.3 Å². The summed E-state index contributed by atoms with van der Waals surface area (Å²) < 4.78 is 11.3. The molecule has 0 aliphatic carbocycles. The summed E-state index contributed by atoms with van der Waals surface area (Å²) in [4.78, 5) is 13.1. The molecule has 5 heteroatoms. The van der Waals surface area contributed by atoms with Crippen LogP contribution < -0.4 is 5.32 Å². The van der Waals surface area contributed by atoms with E-state index in [-0.39, 0.29) is 11.9 Å². The molecule has 1 saturated heterocycles. The van der Waals surface area contributed by atoms with Crippen molar-refractivity contribution in [1.82, 2.24) is 4.90 Å². The molecule has 116 valence electrons. The number of amides is 1. The van der Waals surface area contributed by atoms with Crippen LogP contribution in [-0.4, -0.2) is 42.9 Å². The fourth-order valence-electron chi connectivity index (χ4n) is 2.16. The van der Waals surface area contributed by atoms with Gasteiger partial charge >= 0.3 is 0 Å². The van der Waals surface area contributed by atoms with E-state index >= 15 is 0 Å². The van der Waals surface area contributed by atoms with Gasteiger partial charge in [0, 0.05) is 26.2 Å². The van der Waals surface area contributed by atoms with Gasteiger partial charge in [0.1, 0.15) is 0 Å². The first-order valence-electron chi connectivity index (χ1n) is 7.21. The molecule has 0 radical (unpaired) electrons. The molecular formula is C16H24N2O3. The molecular weight excluding hydrogens is 268 g/mol. The highest BCUT2D eigenvalue weighted by Crippen LogP contribution is 2.22. The van der Waals surface area contributed by atoms with Gasteiger partial charge in [-0.3, -0.25) is 4.79 Å². The quantitative estimate of drug-likeness (QED) is 0.924. The third-order valence-corrected chi connectivity index (χ3v) is 3.59. The molecule has 0 atom stereocenters. The summed E-state index contributed by atoms with van der Waals surface area (Å²) in [5.41, 5.74) is 2.10. The third kappa shape index (κ3) is 4.44. The van der Waals surface area contributed by atoms with Crippen LogP contribution in [0.5, 0.6) is 0 Å². The van der Waals surface area contributed by atoms with Crippen molar-refractivity contribution in [3.8, 4) is 0 Å². The average Bonchev–Trinajstić information content (AvgIpc) is 2.43. The number of hydrogen-bond acceptors (Lipinski definition) is 4. The Hall–Kier alpha value is -1.59. The van der Waals surface area contributed by atoms with Crippen LogP contribution in [0.25, 0.3) is 0 Å². The Bertz CT molecular complexity index is 492. The van der Waals surface area contributed by atoms with Gasteiger partial charge in [-0.15, -0.1) is 0 Å². The Kier molecular flexibility index (Phi) is 4.85. The van der Waals surface area contributed by atoms with E-state index in [9.17, 15) is 4.79 Å². The van der Waals surface area contributed by atoms with E-state index in [1.54, 1.807) is 18.9 Å². The van der Waals surface area contributed by atoms with Crippen LogP contribution in [-0.2, 0) is 20.8 Å². The number of carbonyl (C=O) groups excluding carboxylic acids is 1. The van der Waals surface area contributed by atoms with Crippen molar-refractivity contribution in [1.29, 1.82) is 0 Å². The second-order valence-electron chi connectivity index (χ2n) is 5.90. The van der Waals surface area contributed by atoms with E-state index in [4.69, 9.17) is 9.47 Å². The molecule has 1 amide bonds. The first-order valence-corrected chi connectivity index (χ1v) is 7.21. The zero-order valence-electron chi connectivity index (χ0n) is 13.2. The van der Waals surface area contributed by atoms with Crippen molar-refractivity contribution >= 4 is 11.6 Å². The first kappa shape index (κ1) is 15.8. The summed E-state index contributed by atoms with van der Waals surface area (Å²) in [6.07, 6.45) is 0. The minimum atomic E-state index is -0.507. The van der Waals surface area contributed by atoms with Crippen molar-refractivity contribution < 1.29 is 14.3 Å². The van der Waals surface area contributed by atoms with Crippen molar-refractivity contribution in [2.75, 3.05) is 25.6 Å². The lowest BCUT2D eigenvalue weighted by molar-refractivity contribution is -0.247. The number of anilines is 1. The smallest absolute Gasteiger partial charge is 0.219 e. The summed E-state index contributed by atoms with van der Waals surface area (Å²) in [6.45, 7) is 7.19. The highest BCUT2D eigenvalue weighted by molar-refractivity contribution is 5.73. The molecule has 0 spiro atoms. The second kappa shape index (κ2) is 6.45. The van der Waals surface area contributed by atoms with Gasteiger partial charge in [0.25, 0.3) is 0 Å². The van der Waals surface area contributed by atoms with E-state index in [0.717, 1.165) is 11.3 Å². The maximum atomic E-state index is 11.4. The number of nitrogens with zero attached hydrogens (tertiary/aromatic N) is 1. The fraction of sp³-hybridized carbons (Fsp3) is 0.562. The summed E-state index contributed by atoms with van der Waals surface area (Å²) in [7, 11) is 1.80. The standard InChI is InChI=1S/C16H24N2O3/c1-12(19)18(4)9-13-7-5-6-8-15(13)17-14-10-20-16(2,3)21-11-14/h5-8,14,17H,9-11H2,1-4H3. The van der Waals surface area contributed by atoms with Gasteiger partial charge in [0.05, 0.1) is 19.3 Å². The van der Waals surface area contributed by atoms with E-state index in [2.05, 4.69) is 5.32 Å². The fourth-order valence-corrected chi connectivity index (χ4v) is 2.16. The lowest BCUT2D eigenvalue weighted by atomic mass is 10.1. The molecule has 2 rings (SSSR count). The summed E-state index contributed by atoms with van der Waals surface area (Å²) >= 11 is 0. The Morgan fingerprint density at radius 3 is 2.57 bits per heavy atom. The van der Waals surface area contributed by atoms with Crippen molar-refractivity contribution in [2.24, 2.45) is 0 Å². The Morgan fingerprint density at radius 1 is 1.33 bits per heavy atom. The molecule has 1 N–H and O–H groups in total. The van der Waals surface area contributed by atoms with Gasteiger partial charge in [0.15, 0.2) is 5.79 Å². The van der Waals surface area contributed by atoms with Crippen LogP contribution >= 0.6 is 0 Å². The number of carbonyl (C=O) groups is 1. The number of hydrogen-bond donors (Lipinski definition) is 1. The summed E-state index contributed by atoms with van der Waals surface area (Å²) in [6, 6.07) is 8.11. The molecule has 0 bridgehead atoms. The number of nitrogens with one attached hydrogen (secondary N) is 1. The van der Waals surface area contributed by atoms with Crippen LogP contribution in [0.4, 0.5) is 5.69 Å². The van der Waals surface area contributed by atoms with Gasteiger partial charge in [-0.05, 0) is 25.5 Å². The molecule has 0 saturated carbocycles. The number of ether oxygens (including phenoxy) is 2. The SMILES string of the molecule is CC(=O)N(C)Cc1ccccc1NC1COC(C)(C)OC1. The zero-order chi connectivity index (χ0) is 15.5. The normalized spacial score (nSPS) is 18.3. The van der Waals surface area contributed by atoms with Crippen LogP contribution in [0.15, 0.2) is 24.3 Å². The molecule has 1 aromatic carbocycles. The van der Waals surface area contributed by atoms with Gasteiger partial charge in [-0.25, -0.2) is 0 Å².